The van der Waals surface area contributed by atoms with Gasteiger partial charge in [0, 0.05) is 25.7 Å². The SMILES string of the molecule is CNC(=O)C1CCN(Cc2ccc(N)nc2)CC1. The number of rotatable bonds is 3. The Labute approximate surface area is 107 Å². The second-order valence-electron chi connectivity index (χ2n) is 4.76. The Bertz CT molecular complexity index is 396. The van der Waals surface area contributed by atoms with E-state index in [1.54, 1.807) is 7.05 Å². The fraction of sp³-hybridized carbons (Fsp3) is 0.538. The maximum atomic E-state index is 11.5. The molecule has 2 heterocycles. The molecule has 18 heavy (non-hydrogen) atoms. The second-order valence-corrected chi connectivity index (χ2v) is 4.76. The van der Waals surface area contributed by atoms with Crippen molar-refractivity contribution < 1.29 is 4.79 Å². The number of carbonyl (C=O) groups excluding carboxylic acids is 1. The molecule has 0 unspecified atom stereocenters. The van der Waals surface area contributed by atoms with Gasteiger partial charge in [0.25, 0.3) is 0 Å². The number of anilines is 1. The lowest BCUT2D eigenvalue weighted by molar-refractivity contribution is -0.125. The molecule has 0 saturated carbocycles. The Morgan fingerprint density at radius 1 is 1.50 bits per heavy atom. The average molecular weight is 248 g/mol. The van der Waals surface area contributed by atoms with Crippen LogP contribution in [0.1, 0.15) is 18.4 Å². The van der Waals surface area contributed by atoms with Gasteiger partial charge in [-0.15, -0.1) is 0 Å². The molecule has 1 aliphatic rings. The number of nitrogen functional groups attached to an aromatic ring is 1. The molecule has 1 saturated heterocycles. The molecule has 1 aliphatic heterocycles. The topological polar surface area (TPSA) is 71.2 Å². The molecule has 0 aliphatic carbocycles. The third-order valence-electron chi connectivity index (χ3n) is 3.46. The number of aromatic nitrogens is 1. The van der Waals surface area contributed by atoms with Crippen LogP contribution in [0.3, 0.4) is 0 Å². The number of amides is 1. The molecule has 1 amide bonds. The normalized spacial score (nSPS) is 17.6. The van der Waals surface area contributed by atoms with Crippen LogP contribution < -0.4 is 11.1 Å². The predicted octanol–water partition coefficient (Wildman–Crippen LogP) is 0.622. The number of likely N-dealkylation sites (tertiary alicyclic amines) is 1. The van der Waals surface area contributed by atoms with Crippen molar-refractivity contribution in [2.45, 2.75) is 19.4 Å². The van der Waals surface area contributed by atoms with Crippen LogP contribution in [-0.2, 0) is 11.3 Å². The van der Waals surface area contributed by atoms with Gasteiger partial charge in [0.1, 0.15) is 5.82 Å². The minimum absolute atomic E-state index is 0.170. The largest absolute Gasteiger partial charge is 0.384 e. The summed E-state index contributed by atoms with van der Waals surface area (Å²) in [5.41, 5.74) is 6.73. The van der Waals surface area contributed by atoms with Crippen molar-refractivity contribution in [2.24, 2.45) is 5.92 Å². The molecule has 1 fully saturated rings. The van der Waals surface area contributed by atoms with E-state index in [9.17, 15) is 4.79 Å². The Morgan fingerprint density at radius 2 is 2.22 bits per heavy atom. The van der Waals surface area contributed by atoms with Gasteiger partial charge in [0.15, 0.2) is 0 Å². The Kier molecular flexibility index (Phi) is 4.15. The van der Waals surface area contributed by atoms with Crippen LogP contribution >= 0.6 is 0 Å². The highest BCUT2D eigenvalue weighted by Crippen LogP contribution is 2.19. The van der Waals surface area contributed by atoms with E-state index < -0.39 is 0 Å². The summed E-state index contributed by atoms with van der Waals surface area (Å²) in [4.78, 5) is 18.0. The molecule has 1 aromatic heterocycles. The van der Waals surface area contributed by atoms with Crippen molar-refractivity contribution in [3.8, 4) is 0 Å². The molecule has 0 aromatic carbocycles. The van der Waals surface area contributed by atoms with Gasteiger partial charge in [0.05, 0.1) is 0 Å². The molecule has 98 valence electrons. The van der Waals surface area contributed by atoms with E-state index in [1.165, 1.54) is 5.56 Å². The molecule has 5 nitrogen and oxygen atoms in total. The number of piperidine rings is 1. The van der Waals surface area contributed by atoms with Crippen molar-refractivity contribution in [3.63, 3.8) is 0 Å². The maximum absolute atomic E-state index is 11.5. The molecule has 0 radical (unpaired) electrons. The van der Waals surface area contributed by atoms with Gasteiger partial charge in [-0.2, -0.15) is 0 Å². The van der Waals surface area contributed by atoms with Crippen molar-refractivity contribution in [3.05, 3.63) is 23.9 Å². The summed E-state index contributed by atoms with van der Waals surface area (Å²) in [7, 11) is 1.70. The number of pyridine rings is 1. The zero-order valence-corrected chi connectivity index (χ0v) is 10.7. The minimum atomic E-state index is 0.170. The summed E-state index contributed by atoms with van der Waals surface area (Å²) < 4.78 is 0. The molecule has 1 aromatic rings. The second kappa shape index (κ2) is 5.82. The first kappa shape index (κ1) is 12.8. The summed E-state index contributed by atoms with van der Waals surface area (Å²) in [5, 5.41) is 2.72. The van der Waals surface area contributed by atoms with Crippen molar-refractivity contribution in [1.29, 1.82) is 0 Å². The van der Waals surface area contributed by atoms with E-state index in [1.807, 2.05) is 18.3 Å². The summed E-state index contributed by atoms with van der Waals surface area (Å²) in [6.45, 7) is 2.80. The maximum Gasteiger partial charge on any atom is 0.222 e. The van der Waals surface area contributed by atoms with Crippen molar-refractivity contribution in [1.82, 2.24) is 15.2 Å². The third kappa shape index (κ3) is 3.20. The highest BCUT2D eigenvalue weighted by molar-refractivity contribution is 5.78. The number of nitrogens with one attached hydrogen (secondary N) is 1. The summed E-state index contributed by atoms with van der Waals surface area (Å²) >= 11 is 0. The summed E-state index contributed by atoms with van der Waals surface area (Å²) in [6, 6.07) is 3.83. The minimum Gasteiger partial charge on any atom is -0.384 e. The molecule has 5 heteroatoms. The van der Waals surface area contributed by atoms with Crippen LogP contribution in [0, 0.1) is 5.92 Å². The summed E-state index contributed by atoms with van der Waals surface area (Å²) in [6.07, 6.45) is 3.68. The van der Waals surface area contributed by atoms with Gasteiger partial charge in [0.2, 0.25) is 5.91 Å². The zero-order chi connectivity index (χ0) is 13.0. The standard InChI is InChI=1S/C13H20N4O/c1-15-13(18)11-4-6-17(7-5-11)9-10-2-3-12(14)16-8-10/h2-3,8,11H,4-7,9H2,1H3,(H2,14,16)(H,15,18). The smallest absolute Gasteiger partial charge is 0.222 e. The van der Waals surface area contributed by atoms with E-state index in [2.05, 4.69) is 15.2 Å². The van der Waals surface area contributed by atoms with Crippen LogP contribution in [0.5, 0.6) is 0 Å². The first-order valence-corrected chi connectivity index (χ1v) is 6.33. The van der Waals surface area contributed by atoms with Gasteiger partial charge in [-0.05, 0) is 37.6 Å². The fourth-order valence-corrected chi connectivity index (χ4v) is 2.35. The number of nitrogens with two attached hydrogens (primary N) is 1. The molecule has 2 rings (SSSR count). The average Bonchev–Trinajstić information content (AvgIpc) is 2.41. The summed E-state index contributed by atoms with van der Waals surface area (Å²) in [5.74, 6) is 0.900. The van der Waals surface area contributed by atoms with E-state index in [0.29, 0.717) is 5.82 Å². The van der Waals surface area contributed by atoms with Gasteiger partial charge in [-0.1, -0.05) is 6.07 Å². The predicted molar refractivity (Wildman–Crippen MR) is 70.7 cm³/mol. The van der Waals surface area contributed by atoms with Crippen molar-refractivity contribution in [2.75, 3.05) is 25.9 Å². The Balaban J connectivity index is 1.83. The Morgan fingerprint density at radius 3 is 2.78 bits per heavy atom. The fourth-order valence-electron chi connectivity index (χ4n) is 2.35. The van der Waals surface area contributed by atoms with Crippen LogP contribution in [-0.4, -0.2) is 35.9 Å². The van der Waals surface area contributed by atoms with Crippen LogP contribution in [0.2, 0.25) is 0 Å². The molecular formula is C13H20N4O. The lowest BCUT2D eigenvalue weighted by atomic mass is 9.96. The van der Waals surface area contributed by atoms with E-state index in [0.717, 1.165) is 32.5 Å². The molecule has 3 N–H and O–H groups in total. The van der Waals surface area contributed by atoms with E-state index in [-0.39, 0.29) is 11.8 Å². The highest BCUT2D eigenvalue weighted by atomic mass is 16.1. The number of nitrogens with zero attached hydrogens (tertiary/aromatic N) is 2. The van der Waals surface area contributed by atoms with Crippen LogP contribution in [0.4, 0.5) is 5.82 Å². The first-order chi connectivity index (χ1) is 8.69. The highest BCUT2D eigenvalue weighted by Gasteiger charge is 2.23. The Hall–Kier alpha value is -1.62. The van der Waals surface area contributed by atoms with Gasteiger partial charge in [-0.25, -0.2) is 4.98 Å². The zero-order valence-electron chi connectivity index (χ0n) is 10.7. The third-order valence-corrected chi connectivity index (χ3v) is 3.46. The van der Waals surface area contributed by atoms with Crippen LogP contribution in [0.15, 0.2) is 18.3 Å². The monoisotopic (exact) mass is 248 g/mol. The van der Waals surface area contributed by atoms with E-state index in [4.69, 9.17) is 5.73 Å². The lowest BCUT2D eigenvalue weighted by Gasteiger charge is -2.30. The van der Waals surface area contributed by atoms with E-state index >= 15 is 0 Å². The van der Waals surface area contributed by atoms with Gasteiger partial charge >= 0.3 is 0 Å². The lowest BCUT2D eigenvalue weighted by Crippen LogP contribution is -2.39. The number of hydrogen-bond acceptors (Lipinski definition) is 4. The molecular weight excluding hydrogens is 228 g/mol. The van der Waals surface area contributed by atoms with Gasteiger partial charge in [-0.3, -0.25) is 9.69 Å². The van der Waals surface area contributed by atoms with Crippen LogP contribution in [0.25, 0.3) is 0 Å². The van der Waals surface area contributed by atoms with Crippen molar-refractivity contribution >= 4 is 11.7 Å². The molecule has 0 spiro atoms. The number of hydrogen-bond donors (Lipinski definition) is 2. The quantitative estimate of drug-likeness (QED) is 0.822. The van der Waals surface area contributed by atoms with Gasteiger partial charge < -0.3 is 11.1 Å². The molecule has 0 bridgehead atoms. The number of carbonyl (C=O) groups is 1. The first-order valence-electron chi connectivity index (χ1n) is 6.33. The molecule has 0 atom stereocenters.